The van der Waals surface area contributed by atoms with Crippen molar-refractivity contribution >= 4 is 11.6 Å². The summed E-state index contributed by atoms with van der Waals surface area (Å²) in [6.45, 7) is 2.16. The molecule has 0 aromatic heterocycles. The van der Waals surface area contributed by atoms with Crippen LogP contribution in [0.15, 0.2) is 42.5 Å². The van der Waals surface area contributed by atoms with Crippen LogP contribution in [-0.2, 0) is 0 Å². The molecule has 21 heavy (non-hydrogen) atoms. The number of nitrogens with one attached hydrogen (secondary N) is 1. The molecule has 0 heterocycles. The lowest BCUT2D eigenvalue weighted by atomic mass is 10.1. The van der Waals surface area contributed by atoms with Crippen molar-refractivity contribution in [1.29, 1.82) is 0 Å². The first-order chi connectivity index (χ1) is 10.1. The van der Waals surface area contributed by atoms with E-state index in [1.54, 1.807) is 6.07 Å². The quantitative estimate of drug-likeness (QED) is 0.832. The van der Waals surface area contributed by atoms with Crippen LogP contribution in [-0.4, -0.2) is 12.5 Å². The van der Waals surface area contributed by atoms with Gasteiger partial charge in [-0.15, -0.1) is 0 Å². The Morgan fingerprint density at radius 1 is 1.29 bits per heavy atom. The molecule has 1 amide bonds. The summed E-state index contributed by atoms with van der Waals surface area (Å²) in [5.41, 5.74) is 7.87. The smallest absolute Gasteiger partial charge is 0.255 e. The van der Waals surface area contributed by atoms with Gasteiger partial charge in [0, 0.05) is 11.1 Å². The Morgan fingerprint density at radius 3 is 2.81 bits per heavy atom. The maximum atomic E-state index is 13.2. The molecule has 0 aliphatic rings. The number of carbonyl (C=O) groups is 1. The van der Waals surface area contributed by atoms with E-state index in [1.165, 1.54) is 18.2 Å². The van der Waals surface area contributed by atoms with Crippen LogP contribution in [0.5, 0.6) is 0 Å². The monoisotopic (exact) mass is 282 g/mol. The standard InChI is InChI=1S/C17H15FN2O/c1-12-7-8-13(5-3-9-19)16(10-12)20-17(21)14-4-2-6-15(18)11-14/h2,4,6-8,10-11H,9,19H2,1H3,(H,20,21). The summed E-state index contributed by atoms with van der Waals surface area (Å²) < 4.78 is 13.2. The maximum absolute atomic E-state index is 13.2. The van der Waals surface area contributed by atoms with Crippen molar-refractivity contribution in [2.45, 2.75) is 6.92 Å². The van der Waals surface area contributed by atoms with Gasteiger partial charge < -0.3 is 11.1 Å². The van der Waals surface area contributed by atoms with Gasteiger partial charge in [-0.25, -0.2) is 4.39 Å². The van der Waals surface area contributed by atoms with Crippen LogP contribution in [0, 0.1) is 24.6 Å². The SMILES string of the molecule is Cc1ccc(C#CCN)c(NC(=O)c2cccc(F)c2)c1. The van der Waals surface area contributed by atoms with Crippen LogP contribution in [0.3, 0.4) is 0 Å². The number of rotatable bonds is 2. The molecule has 106 valence electrons. The van der Waals surface area contributed by atoms with Crippen molar-refractivity contribution in [2.24, 2.45) is 5.73 Å². The van der Waals surface area contributed by atoms with Crippen molar-refractivity contribution in [3.05, 3.63) is 65.0 Å². The molecular weight excluding hydrogens is 267 g/mol. The maximum Gasteiger partial charge on any atom is 0.255 e. The number of hydrogen-bond donors (Lipinski definition) is 2. The highest BCUT2D eigenvalue weighted by Gasteiger charge is 2.09. The van der Waals surface area contributed by atoms with E-state index < -0.39 is 5.82 Å². The number of halogens is 1. The largest absolute Gasteiger partial charge is 0.321 e. The van der Waals surface area contributed by atoms with E-state index >= 15 is 0 Å². The summed E-state index contributed by atoms with van der Waals surface area (Å²) in [4.78, 5) is 12.2. The molecule has 0 aliphatic heterocycles. The number of anilines is 1. The van der Waals surface area contributed by atoms with Gasteiger partial charge in [0.1, 0.15) is 5.82 Å². The zero-order valence-corrected chi connectivity index (χ0v) is 11.6. The number of carbonyl (C=O) groups excluding carboxylic acids is 1. The Hall–Kier alpha value is -2.64. The Balaban J connectivity index is 2.30. The lowest BCUT2D eigenvalue weighted by Gasteiger charge is -2.09. The summed E-state index contributed by atoms with van der Waals surface area (Å²) in [6.07, 6.45) is 0. The summed E-state index contributed by atoms with van der Waals surface area (Å²) in [6, 6.07) is 11.1. The summed E-state index contributed by atoms with van der Waals surface area (Å²) in [5.74, 6) is 4.83. The van der Waals surface area contributed by atoms with E-state index in [-0.39, 0.29) is 18.0 Å². The molecular formula is C17H15FN2O. The summed E-state index contributed by atoms with van der Waals surface area (Å²) in [7, 11) is 0. The molecule has 0 aliphatic carbocycles. The Kier molecular flexibility index (Phi) is 4.70. The van der Waals surface area contributed by atoms with Crippen molar-refractivity contribution in [2.75, 3.05) is 11.9 Å². The van der Waals surface area contributed by atoms with Gasteiger partial charge in [-0.3, -0.25) is 4.79 Å². The molecule has 4 heteroatoms. The van der Waals surface area contributed by atoms with Crippen LogP contribution in [0.4, 0.5) is 10.1 Å². The molecule has 0 saturated carbocycles. The first-order valence-corrected chi connectivity index (χ1v) is 6.46. The number of benzene rings is 2. The van der Waals surface area contributed by atoms with Gasteiger partial charge in [-0.05, 0) is 42.8 Å². The number of aryl methyl sites for hydroxylation is 1. The third kappa shape index (κ3) is 3.91. The molecule has 0 spiro atoms. The van der Waals surface area contributed by atoms with Gasteiger partial charge in [-0.2, -0.15) is 0 Å². The molecule has 0 atom stereocenters. The van der Waals surface area contributed by atoms with Crippen LogP contribution >= 0.6 is 0 Å². The highest BCUT2D eigenvalue weighted by atomic mass is 19.1. The second-order valence-corrected chi connectivity index (χ2v) is 4.52. The normalized spacial score (nSPS) is 9.67. The first-order valence-electron chi connectivity index (χ1n) is 6.46. The van der Waals surface area contributed by atoms with Crippen molar-refractivity contribution in [3.63, 3.8) is 0 Å². The molecule has 0 fully saturated rings. The minimum Gasteiger partial charge on any atom is -0.321 e. The zero-order chi connectivity index (χ0) is 15.2. The molecule has 0 unspecified atom stereocenters. The Morgan fingerprint density at radius 2 is 2.10 bits per heavy atom. The van der Waals surface area contributed by atoms with E-state index in [0.717, 1.165) is 5.56 Å². The van der Waals surface area contributed by atoms with E-state index in [1.807, 2.05) is 25.1 Å². The zero-order valence-electron chi connectivity index (χ0n) is 11.6. The van der Waals surface area contributed by atoms with Crippen molar-refractivity contribution in [3.8, 4) is 11.8 Å². The van der Waals surface area contributed by atoms with Crippen molar-refractivity contribution < 1.29 is 9.18 Å². The lowest BCUT2D eigenvalue weighted by molar-refractivity contribution is 0.102. The third-order valence-electron chi connectivity index (χ3n) is 2.84. The van der Waals surface area contributed by atoms with Gasteiger partial charge in [0.25, 0.3) is 5.91 Å². The van der Waals surface area contributed by atoms with Gasteiger partial charge in [0.2, 0.25) is 0 Å². The average Bonchev–Trinajstić information content (AvgIpc) is 2.46. The Bertz CT molecular complexity index is 729. The fourth-order valence-corrected chi connectivity index (χ4v) is 1.84. The molecule has 2 aromatic rings. The molecule has 0 bridgehead atoms. The first kappa shape index (κ1) is 14.8. The fourth-order valence-electron chi connectivity index (χ4n) is 1.84. The van der Waals surface area contributed by atoms with Gasteiger partial charge in [0.15, 0.2) is 0 Å². The minimum absolute atomic E-state index is 0.241. The van der Waals surface area contributed by atoms with E-state index in [2.05, 4.69) is 17.2 Å². The second kappa shape index (κ2) is 6.69. The molecule has 2 aromatic carbocycles. The molecule has 3 N–H and O–H groups in total. The predicted molar refractivity (Wildman–Crippen MR) is 81.5 cm³/mol. The molecule has 0 radical (unpaired) electrons. The average molecular weight is 282 g/mol. The number of nitrogens with two attached hydrogens (primary N) is 1. The fraction of sp³-hybridized carbons (Fsp3) is 0.118. The highest BCUT2D eigenvalue weighted by Crippen LogP contribution is 2.18. The third-order valence-corrected chi connectivity index (χ3v) is 2.84. The van der Waals surface area contributed by atoms with E-state index in [4.69, 9.17) is 5.73 Å². The second-order valence-electron chi connectivity index (χ2n) is 4.52. The Labute approximate surface area is 123 Å². The minimum atomic E-state index is -0.449. The van der Waals surface area contributed by atoms with Gasteiger partial charge >= 0.3 is 0 Å². The number of amides is 1. The topological polar surface area (TPSA) is 55.1 Å². The molecule has 0 saturated heterocycles. The molecule has 2 rings (SSSR count). The van der Waals surface area contributed by atoms with E-state index in [9.17, 15) is 9.18 Å². The predicted octanol–water partition coefficient (Wildman–Crippen LogP) is 2.70. The highest BCUT2D eigenvalue weighted by molar-refractivity contribution is 6.05. The molecule has 3 nitrogen and oxygen atoms in total. The van der Waals surface area contributed by atoms with Crippen LogP contribution in [0.25, 0.3) is 0 Å². The number of hydrogen-bond acceptors (Lipinski definition) is 2. The van der Waals surface area contributed by atoms with Gasteiger partial charge in [-0.1, -0.05) is 24.0 Å². The lowest BCUT2D eigenvalue weighted by Crippen LogP contribution is -2.13. The van der Waals surface area contributed by atoms with Crippen LogP contribution < -0.4 is 11.1 Å². The van der Waals surface area contributed by atoms with Crippen molar-refractivity contribution in [1.82, 2.24) is 0 Å². The summed E-state index contributed by atoms with van der Waals surface area (Å²) in [5, 5.41) is 2.75. The van der Waals surface area contributed by atoms with E-state index in [0.29, 0.717) is 11.3 Å². The van der Waals surface area contributed by atoms with Crippen LogP contribution in [0.2, 0.25) is 0 Å². The summed E-state index contributed by atoms with van der Waals surface area (Å²) >= 11 is 0. The van der Waals surface area contributed by atoms with Crippen LogP contribution in [0.1, 0.15) is 21.5 Å². The van der Waals surface area contributed by atoms with Gasteiger partial charge in [0.05, 0.1) is 12.2 Å².